The molecule has 0 bridgehead atoms. The van der Waals surface area contributed by atoms with Crippen LogP contribution in [0.5, 0.6) is 0 Å². The summed E-state index contributed by atoms with van der Waals surface area (Å²) < 4.78 is 0. The highest BCUT2D eigenvalue weighted by Gasteiger charge is 2.21. The van der Waals surface area contributed by atoms with Crippen LogP contribution in [0.15, 0.2) is 30.0 Å². The minimum atomic E-state index is -0.784. The summed E-state index contributed by atoms with van der Waals surface area (Å²) in [4.78, 5) is 43.8. The van der Waals surface area contributed by atoms with Crippen LogP contribution in [0.3, 0.4) is 0 Å². The number of amides is 2. The van der Waals surface area contributed by atoms with Crippen molar-refractivity contribution >= 4 is 23.2 Å². The summed E-state index contributed by atoms with van der Waals surface area (Å²) in [6.07, 6.45) is 0.894. The third-order valence-electron chi connectivity index (χ3n) is 3.26. The van der Waals surface area contributed by atoms with Gasteiger partial charge in [-0.2, -0.15) is 0 Å². The molecule has 0 fully saturated rings. The number of nitrogens with one attached hydrogen (secondary N) is 3. The molecule has 0 aliphatic heterocycles. The van der Waals surface area contributed by atoms with Crippen molar-refractivity contribution in [3.63, 3.8) is 0 Å². The molecule has 11 nitrogen and oxygen atoms in total. The first-order chi connectivity index (χ1) is 12.6. The zero-order chi connectivity index (χ0) is 20.6. The first kappa shape index (κ1) is 21.5. The van der Waals surface area contributed by atoms with Gasteiger partial charge in [0.1, 0.15) is 0 Å². The SMILES string of the molecule is CC(=CC(=O)NCC(C)C)NNC(=O)Cc1ccc([N+](=O)[O-])cc1[N+](=O)[O-]. The van der Waals surface area contributed by atoms with Gasteiger partial charge in [-0.3, -0.25) is 35.2 Å². The van der Waals surface area contributed by atoms with Gasteiger partial charge in [0.2, 0.25) is 11.8 Å². The average Bonchev–Trinajstić information content (AvgIpc) is 2.58. The van der Waals surface area contributed by atoms with Crippen LogP contribution in [0, 0.1) is 26.1 Å². The van der Waals surface area contributed by atoms with Crippen molar-refractivity contribution in [2.75, 3.05) is 6.54 Å². The smallest absolute Gasteiger partial charge is 0.279 e. The molecule has 0 radical (unpaired) electrons. The maximum absolute atomic E-state index is 12.0. The van der Waals surface area contributed by atoms with Crippen LogP contribution in [0.1, 0.15) is 26.3 Å². The van der Waals surface area contributed by atoms with Crippen LogP contribution in [-0.4, -0.2) is 28.2 Å². The molecule has 0 unspecified atom stereocenters. The fourth-order valence-corrected chi connectivity index (χ4v) is 1.96. The molecule has 0 aliphatic rings. The molecule has 27 heavy (non-hydrogen) atoms. The number of hydrogen-bond donors (Lipinski definition) is 3. The van der Waals surface area contributed by atoms with Crippen LogP contribution in [-0.2, 0) is 16.0 Å². The van der Waals surface area contributed by atoms with Crippen LogP contribution in [0.25, 0.3) is 0 Å². The largest absolute Gasteiger partial charge is 0.352 e. The Kier molecular flexibility index (Phi) is 7.86. The van der Waals surface area contributed by atoms with Gasteiger partial charge in [0, 0.05) is 29.9 Å². The van der Waals surface area contributed by atoms with E-state index in [-0.39, 0.29) is 17.9 Å². The Balaban J connectivity index is 2.68. The van der Waals surface area contributed by atoms with E-state index in [4.69, 9.17) is 0 Å². The van der Waals surface area contributed by atoms with Crippen molar-refractivity contribution in [3.8, 4) is 0 Å². The summed E-state index contributed by atoms with van der Waals surface area (Å²) in [6.45, 7) is 5.97. The second kappa shape index (κ2) is 9.85. The minimum absolute atomic E-state index is 0.0289. The lowest BCUT2D eigenvalue weighted by Gasteiger charge is -2.10. The number of carbonyl (C=O) groups excluding carboxylic acids is 2. The molecule has 146 valence electrons. The summed E-state index contributed by atoms with van der Waals surface area (Å²) in [5.41, 5.74) is 4.28. The van der Waals surface area contributed by atoms with Gasteiger partial charge in [-0.15, -0.1) is 0 Å². The third-order valence-corrected chi connectivity index (χ3v) is 3.26. The van der Waals surface area contributed by atoms with Gasteiger partial charge >= 0.3 is 0 Å². The van der Waals surface area contributed by atoms with E-state index in [1.807, 2.05) is 13.8 Å². The predicted octanol–water partition coefficient (Wildman–Crippen LogP) is 1.34. The summed E-state index contributed by atoms with van der Waals surface area (Å²) in [7, 11) is 0. The highest BCUT2D eigenvalue weighted by atomic mass is 16.6. The molecular weight excluding hydrogens is 358 g/mol. The van der Waals surface area contributed by atoms with E-state index in [2.05, 4.69) is 16.2 Å². The van der Waals surface area contributed by atoms with Crippen molar-refractivity contribution in [2.45, 2.75) is 27.2 Å². The summed E-state index contributed by atoms with van der Waals surface area (Å²) in [5, 5.41) is 24.4. The number of allylic oxidation sites excluding steroid dienone is 1. The van der Waals surface area contributed by atoms with Crippen molar-refractivity contribution in [1.29, 1.82) is 0 Å². The van der Waals surface area contributed by atoms with Crippen LogP contribution < -0.4 is 16.2 Å². The first-order valence-electron chi connectivity index (χ1n) is 8.02. The molecular formula is C16H21N5O6. The van der Waals surface area contributed by atoms with Crippen molar-refractivity contribution in [1.82, 2.24) is 16.2 Å². The summed E-state index contributed by atoms with van der Waals surface area (Å²) in [6, 6.07) is 3.06. The second-order valence-electron chi connectivity index (χ2n) is 6.14. The monoisotopic (exact) mass is 379 g/mol. The van der Waals surface area contributed by atoms with Gasteiger partial charge in [-0.1, -0.05) is 13.8 Å². The van der Waals surface area contributed by atoms with Crippen molar-refractivity contribution in [2.24, 2.45) is 5.92 Å². The number of rotatable bonds is 9. The van der Waals surface area contributed by atoms with E-state index in [9.17, 15) is 29.8 Å². The number of non-ortho nitro benzene ring substituents is 1. The van der Waals surface area contributed by atoms with Crippen LogP contribution in [0.2, 0.25) is 0 Å². The number of nitrogens with zero attached hydrogens (tertiary/aromatic N) is 2. The lowest BCUT2D eigenvalue weighted by atomic mass is 10.1. The standard InChI is InChI=1S/C16H21N5O6/c1-10(2)9-17-15(22)6-11(3)18-19-16(23)7-12-4-5-13(20(24)25)8-14(12)21(26)27/h4-6,8,10,18H,7,9H2,1-3H3,(H,17,22)(H,19,23). The van der Waals surface area contributed by atoms with Crippen molar-refractivity contribution in [3.05, 3.63) is 55.8 Å². The third kappa shape index (κ3) is 7.50. The highest BCUT2D eigenvalue weighted by molar-refractivity contribution is 5.88. The van der Waals surface area contributed by atoms with E-state index in [1.54, 1.807) is 6.92 Å². The molecule has 0 spiro atoms. The van der Waals surface area contributed by atoms with Gasteiger partial charge in [-0.05, 0) is 18.9 Å². The maximum atomic E-state index is 12.0. The van der Waals surface area contributed by atoms with Gasteiger partial charge in [-0.25, -0.2) is 0 Å². The molecule has 1 rings (SSSR count). The Bertz CT molecular complexity index is 775. The van der Waals surface area contributed by atoms with Crippen molar-refractivity contribution < 1.29 is 19.4 Å². The maximum Gasteiger partial charge on any atom is 0.279 e. The second-order valence-corrected chi connectivity index (χ2v) is 6.14. The van der Waals surface area contributed by atoms with Gasteiger partial charge in [0.25, 0.3) is 11.4 Å². The van der Waals surface area contributed by atoms with Gasteiger partial charge in [0.05, 0.1) is 22.3 Å². The number of carbonyl (C=O) groups is 2. The lowest BCUT2D eigenvalue weighted by molar-refractivity contribution is -0.394. The molecule has 0 aromatic heterocycles. The molecule has 1 aromatic rings. The molecule has 0 atom stereocenters. The highest BCUT2D eigenvalue weighted by Crippen LogP contribution is 2.24. The predicted molar refractivity (Wildman–Crippen MR) is 96.3 cm³/mol. The van der Waals surface area contributed by atoms with E-state index < -0.39 is 27.1 Å². The lowest BCUT2D eigenvalue weighted by Crippen LogP contribution is -2.38. The average molecular weight is 379 g/mol. The van der Waals surface area contributed by atoms with E-state index in [0.717, 1.165) is 18.2 Å². The summed E-state index contributed by atoms with van der Waals surface area (Å²) >= 11 is 0. The van der Waals surface area contributed by atoms with Crippen LogP contribution in [0.4, 0.5) is 11.4 Å². The quantitative estimate of drug-likeness (QED) is 0.332. The topological polar surface area (TPSA) is 157 Å². The van der Waals surface area contributed by atoms with Crippen LogP contribution >= 0.6 is 0 Å². The molecule has 0 saturated heterocycles. The number of hydrogen-bond acceptors (Lipinski definition) is 7. The molecule has 0 saturated carbocycles. The number of nitro groups is 2. The fraction of sp³-hybridized carbons (Fsp3) is 0.375. The number of nitro benzene ring substituents is 2. The molecule has 0 aliphatic carbocycles. The zero-order valence-corrected chi connectivity index (χ0v) is 15.1. The Morgan fingerprint density at radius 1 is 1.15 bits per heavy atom. The zero-order valence-electron chi connectivity index (χ0n) is 15.1. The van der Waals surface area contributed by atoms with Gasteiger partial charge < -0.3 is 10.7 Å². The number of benzene rings is 1. The normalized spacial score (nSPS) is 11.0. The van der Waals surface area contributed by atoms with E-state index >= 15 is 0 Å². The first-order valence-corrected chi connectivity index (χ1v) is 8.02. The Morgan fingerprint density at radius 3 is 2.37 bits per heavy atom. The van der Waals surface area contributed by atoms with Gasteiger partial charge in [0.15, 0.2) is 0 Å². The molecule has 3 N–H and O–H groups in total. The Morgan fingerprint density at radius 2 is 1.81 bits per heavy atom. The van der Waals surface area contributed by atoms with E-state index in [1.165, 1.54) is 6.08 Å². The molecule has 0 heterocycles. The summed E-state index contributed by atoms with van der Waals surface area (Å²) in [5.74, 6) is -0.635. The fourth-order valence-electron chi connectivity index (χ4n) is 1.96. The Labute approximate surface area is 155 Å². The molecule has 1 aromatic carbocycles. The Hall–Kier alpha value is -3.50. The minimum Gasteiger partial charge on any atom is -0.352 e. The molecule has 11 heteroatoms. The number of hydrazine groups is 1. The van der Waals surface area contributed by atoms with E-state index in [0.29, 0.717) is 18.2 Å². The molecule has 2 amide bonds.